The van der Waals surface area contributed by atoms with E-state index in [1.807, 2.05) is 19.9 Å². The van der Waals surface area contributed by atoms with E-state index in [1.165, 1.54) is 51.0 Å². The Morgan fingerprint density at radius 1 is 0.853 bits per heavy atom. The normalized spacial score (nSPS) is 16.4. The molecule has 0 bridgehead atoms. The molecule has 1 saturated carbocycles. The van der Waals surface area contributed by atoms with Crippen LogP contribution in [-0.2, 0) is 6.18 Å². The molecule has 0 aliphatic heterocycles. The van der Waals surface area contributed by atoms with Crippen LogP contribution in [0.1, 0.15) is 77.2 Å². The Bertz CT molecular complexity index is 1040. The summed E-state index contributed by atoms with van der Waals surface area (Å²) in [5.41, 5.74) is -0.459. The summed E-state index contributed by atoms with van der Waals surface area (Å²) in [7, 11) is 4.14. The van der Waals surface area contributed by atoms with Gasteiger partial charge in [0.05, 0.1) is 5.56 Å². The molecular weight excluding hydrogens is 507 g/mol. The number of hydrogen-bond acceptors (Lipinski definition) is 2. The van der Waals surface area contributed by atoms with Gasteiger partial charge in [-0.05, 0) is 31.0 Å². The van der Waals surface area contributed by atoms with E-state index in [4.69, 9.17) is 9.25 Å². The van der Waals surface area contributed by atoms with Gasteiger partial charge in [0.25, 0.3) is 0 Å². The topological polar surface area (TPSA) is 22.4 Å². The highest BCUT2D eigenvalue weighted by molar-refractivity contribution is 6.06. The predicted molar refractivity (Wildman–Crippen MR) is 128 cm³/mol. The molecule has 4 rings (SSSR count). The number of furan rings is 1. The van der Waals surface area contributed by atoms with Crippen molar-refractivity contribution >= 4 is 21.9 Å². The van der Waals surface area contributed by atoms with E-state index >= 15 is 0 Å². The maximum Gasteiger partial charge on any atom is 0.420 e. The van der Waals surface area contributed by atoms with Crippen LogP contribution in [0.5, 0.6) is 5.75 Å². The minimum absolute atomic E-state index is 0. The molecule has 2 aromatic carbocycles. The first-order chi connectivity index (χ1) is 15.8. The Balaban J connectivity index is 0.00000133. The first kappa shape index (κ1) is 28.5. The average Bonchev–Trinajstić information content (AvgIpc) is 3.15. The quantitative estimate of drug-likeness (QED) is 0.303. The zero-order chi connectivity index (χ0) is 24.1. The van der Waals surface area contributed by atoms with Crippen LogP contribution in [0.25, 0.3) is 21.9 Å². The van der Waals surface area contributed by atoms with Crippen molar-refractivity contribution < 1.29 is 44.1 Å². The largest absolute Gasteiger partial charge is 1.00 e. The number of hydrogen-bond donors (Lipinski definition) is 0. The summed E-state index contributed by atoms with van der Waals surface area (Å²) in [5.74, 6) is 0.613. The van der Waals surface area contributed by atoms with Gasteiger partial charge in [-0.2, -0.15) is 13.2 Å². The summed E-state index contributed by atoms with van der Waals surface area (Å²) in [5, 5.41) is 1.13. The molecule has 1 aromatic heterocycles. The highest BCUT2D eigenvalue weighted by atomic mass is 79.9. The van der Waals surface area contributed by atoms with Crippen molar-refractivity contribution in [3.8, 4) is 5.75 Å². The smallest absolute Gasteiger partial charge is 0.420 e. The summed E-state index contributed by atoms with van der Waals surface area (Å²) >= 11 is 0. The standard InChI is InChI=1S/C25H31F3NO2.C2H6.BrH/c1-29(2,18-11-8-6-4-3-5-7-9-12-18)31-19-15-16-20-21-13-10-14-22(25(26,27)28)24(21)30-23(20)17-19;1-2;/h10,13-18H,3-9,11-12H2,1-2H3;1-2H3;1H/q+1;;/p-1. The molecule has 0 saturated heterocycles. The summed E-state index contributed by atoms with van der Waals surface area (Å²) in [6.45, 7) is 4.00. The number of benzene rings is 2. The monoisotopic (exact) mass is 543 g/mol. The highest BCUT2D eigenvalue weighted by Gasteiger charge is 2.35. The van der Waals surface area contributed by atoms with E-state index in [0.29, 0.717) is 32.8 Å². The fraction of sp³-hybridized carbons (Fsp3) is 0.556. The van der Waals surface area contributed by atoms with Crippen LogP contribution in [-0.4, -0.2) is 24.8 Å². The van der Waals surface area contributed by atoms with E-state index in [2.05, 4.69) is 14.1 Å². The molecule has 34 heavy (non-hydrogen) atoms. The fourth-order valence-electron chi connectivity index (χ4n) is 4.81. The molecule has 3 aromatic rings. The number of halogens is 4. The maximum atomic E-state index is 13.4. The Kier molecular flexibility index (Phi) is 10.3. The van der Waals surface area contributed by atoms with Crippen LogP contribution >= 0.6 is 0 Å². The van der Waals surface area contributed by atoms with Gasteiger partial charge in [0.15, 0.2) is 5.75 Å². The molecule has 3 nitrogen and oxygen atoms in total. The molecular formula is C27H37BrF3NO2. The molecule has 1 aliphatic carbocycles. The number of quaternary nitrogens is 1. The van der Waals surface area contributed by atoms with E-state index in [1.54, 1.807) is 18.2 Å². The first-order valence-electron chi connectivity index (χ1n) is 12.3. The van der Waals surface area contributed by atoms with Crippen LogP contribution < -0.4 is 21.8 Å². The number of hydroxylamine groups is 3. The molecule has 7 heteroatoms. The molecule has 1 heterocycles. The van der Waals surface area contributed by atoms with Gasteiger partial charge < -0.3 is 26.2 Å². The van der Waals surface area contributed by atoms with E-state index in [9.17, 15) is 13.2 Å². The van der Waals surface area contributed by atoms with Gasteiger partial charge in [0, 0.05) is 29.7 Å². The van der Waals surface area contributed by atoms with E-state index < -0.39 is 11.7 Å². The maximum absolute atomic E-state index is 13.4. The molecule has 0 N–H and O–H groups in total. The number of nitrogens with zero attached hydrogens (tertiary/aromatic N) is 1. The average molecular weight is 544 g/mol. The molecule has 1 aliphatic rings. The van der Waals surface area contributed by atoms with Crippen molar-refractivity contribution in [3.63, 3.8) is 0 Å². The Hall–Kier alpha value is -1.73. The van der Waals surface area contributed by atoms with Gasteiger partial charge >= 0.3 is 6.18 Å². The number of alkyl halides is 3. The van der Waals surface area contributed by atoms with E-state index in [-0.39, 0.29) is 22.6 Å². The second kappa shape index (κ2) is 12.3. The van der Waals surface area contributed by atoms with Crippen LogP contribution in [0.2, 0.25) is 0 Å². The van der Waals surface area contributed by atoms with Crippen LogP contribution in [0.15, 0.2) is 40.8 Å². The van der Waals surface area contributed by atoms with Crippen LogP contribution in [0.3, 0.4) is 0 Å². The van der Waals surface area contributed by atoms with Gasteiger partial charge in [-0.1, -0.05) is 58.1 Å². The molecule has 0 atom stereocenters. The van der Waals surface area contributed by atoms with E-state index in [0.717, 1.165) is 18.9 Å². The zero-order valence-corrected chi connectivity index (χ0v) is 22.3. The highest BCUT2D eigenvalue weighted by Crippen LogP contribution is 2.40. The van der Waals surface area contributed by atoms with Crippen LogP contribution in [0.4, 0.5) is 13.2 Å². The number of rotatable bonds is 3. The van der Waals surface area contributed by atoms with Crippen molar-refractivity contribution in [2.24, 2.45) is 0 Å². The van der Waals surface area contributed by atoms with Gasteiger partial charge in [0.1, 0.15) is 31.3 Å². The molecule has 0 amide bonds. The second-order valence-electron chi connectivity index (χ2n) is 9.17. The third kappa shape index (κ3) is 6.69. The molecule has 0 radical (unpaired) electrons. The lowest BCUT2D eigenvalue weighted by molar-refractivity contribution is -1.07. The Labute approximate surface area is 211 Å². The van der Waals surface area contributed by atoms with Crippen molar-refractivity contribution in [2.75, 3.05) is 14.1 Å². The number of fused-ring (bicyclic) bond motifs is 3. The van der Waals surface area contributed by atoms with Gasteiger partial charge in [-0.3, -0.25) is 0 Å². The van der Waals surface area contributed by atoms with Crippen molar-refractivity contribution in [1.82, 2.24) is 0 Å². The van der Waals surface area contributed by atoms with Crippen LogP contribution in [0, 0.1) is 0 Å². The van der Waals surface area contributed by atoms with Gasteiger partial charge in [-0.25, -0.2) is 0 Å². The lowest BCUT2D eigenvalue weighted by Gasteiger charge is -2.35. The lowest BCUT2D eigenvalue weighted by atomic mass is 9.96. The van der Waals surface area contributed by atoms with Gasteiger partial charge in [-0.15, -0.1) is 4.65 Å². The lowest BCUT2D eigenvalue weighted by Crippen LogP contribution is -3.00. The Morgan fingerprint density at radius 2 is 1.44 bits per heavy atom. The predicted octanol–water partition coefficient (Wildman–Crippen LogP) is 5.90. The molecule has 1 fully saturated rings. The zero-order valence-electron chi connectivity index (χ0n) is 20.7. The van der Waals surface area contributed by atoms with Crippen molar-refractivity contribution in [2.45, 2.75) is 83.9 Å². The van der Waals surface area contributed by atoms with Crippen molar-refractivity contribution in [3.05, 3.63) is 42.0 Å². The Morgan fingerprint density at radius 3 is 2.03 bits per heavy atom. The molecule has 190 valence electrons. The number of para-hydroxylation sites is 1. The fourth-order valence-corrected chi connectivity index (χ4v) is 4.81. The van der Waals surface area contributed by atoms with Gasteiger partial charge in [0.2, 0.25) is 0 Å². The summed E-state index contributed by atoms with van der Waals surface area (Å²) in [6.07, 6.45) is 6.69. The summed E-state index contributed by atoms with van der Waals surface area (Å²) in [6, 6.07) is 9.88. The first-order valence-corrected chi connectivity index (χ1v) is 12.3. The summed E-state index contributed by atoms with van der Waals surface area (Å²) < 4.78 is 46.2. The second-order valence-corrected chi connectivity index (χ2v) is 9.17. The van der Waals surface area contributed by atoms with Crippen molar-refractivity contribution in [1.29, 1.82) is 0 Å². The third-order valence-electron chi connectivity index (χ3n) is 6.57. The third-order valence-corrected chi connectivity index (χ3v) is 6.57. The summed E-state index contributed by atoms with van der Waals surface area (Å²) in [4.78, 5) is 6.37. The SMILES string of the molecule is CC.C[N+](C)(Oc1ccc2c(c1)oc1c(C(F)(F)F)cccc12)C1CCCCCCCCC1.[Br-]. The molecule has 0 spiro atoms. The minimum Gasteiger partial charge on any atom is -1.00 e. The molecule has 0 unspecified atom stereocenters. The minimum atomic E-state index is -4.46.